The van der Waals surface area contributed by atoms with Crippen LogP contribution in [0.2, 0.25) is 0 Å². The highest BCUT2D eigenvalue weighted by Crippen LogP contribution is 2.33. The summed E-state index contributed by atoms with van der Waals surface area (Å²) in [5.74, 6) is 0.636. The average molecular weight is 506 g/mol. The third kappa shape index (κ3) is 4.30. The number of amides is 3. The highest BCUT2D eigenvalue weighted by atomic mass is 16.5. The van der Waals surface area contributed by atoms with E-state index in [1.807, 2.05) is 44.2 Å². The van der Waals surface area contributed by atoms with Crippen molar-refractivity contribution >= 4 is 34.3 Å². The fourth-order valence-electron chi connectivity index (χ4n) is 4.83. The molecule has 0 spiro atoms. The van der Waals surface area contributed by atoms with Crippen LogP contribution in [-0.2, 0) is 0 Å². The number of pyridine rings is 1. The lowest BCUT2D eigenvalue weighted by molar-refractivity contribution is 0.0595. The van der Waals surface area contributed by atoms with Gasteiger partial charge in [0, 0.05) is 22.8 Å². The predicted molar refractivity (Wildman–Crippen MR) is 144 cm³/mol. The summed E-state index contributed by atoms with van der Waals surface area (Å²) in [5, 5.41) is 3.84. The first kappa shape index (κ1) is 23.9. The second-order valence-electron chi connectivity index (χ2n) is 10.0. The summed E-state index contributed by atoms with van der Waals surface area (Å²) in [6.45, 7) is 4.47. The van der Waals surface area contributed by atoms with Crippen molar-refractivity contribution in [2.45, 2.75) is 32.7 Å². The van der Waals surface area contributed by atoms with Gasteiger partial charge in [-0.1, -0.05) is 18.2 Å². The Kier molecular flexibility index (Phi) is 5.91. The monoisotopic (exact) mass is 505 g/mol. The molecule has 0 bridgehead atoms. The van der Waals surface area contributed by atoms with Crippen molar-refractivity contribution < 1.29 is 19.1 Å². The zero-order valence-electron chi connectivity index (χ0n) is 21.2. The van der Waals surface area contributed by atoms with E-state index in [1.165, 1.54) is 17.7 Å². The van der Waals surface area contributed by atoms with Crippen molar-refractivity contribution in [2.75, 3.05) is 11.9 Å². The average Bonchev–Trinajstić information content (AvgIpc) is 3.74. The van der Waals surface area contributed by atoms with Crippen molar-refractivity contribution in [2.24, 2.45) is 5.92 Å². The molecule has 1 fully saturated rings. The Balaban J connectivity index is 1.19. The van der Waals surface area contributed by atoms with Gasteiger partial charge in [-0.3, -0.25) is 24.3 Å². The Labute approximate surface area is 220 Å². The minimum atomic E-state index is -0.477. The largest absolute Gasteiger partial charge is 0.493 e. The van der Waals surface area contributed by atoms with Gasteiger partial charge in [0.15, 0.2) is 0 Å². The molecular formula is C31H27N3O4. The lowest BCUT2D eigenvalue weighted by Gasteiger charge is -2.23. The third-order valence-corrected chi connectivity index (χ3v) is 7.37. The number of benzene rings is 3. The van der Waals surface area contributed by atoms with Gasteiger partial charge in [0.25, 0.3) is 17.7 Å². The quantitative estimate of drug-likeness (QED) is 0.314. The Bertz CT molecular complexity index is 1560. The molecule has 1 atom stereocenters. The van der Waals surface area contributed by atoms with E-state index in [2.05, 4.69) is 10.3 Å². The first-order valence-electron chi connectivity index (χ1n) is 12.8. The van der Waals surface area contributed by atoms with Crippen LogP contribution in [-0.4, -0.2) is 34.2 Å². The van der Waals surface area contributed by atoms with E-state index in [-0.39, 0.29) is 17.7 Å². The standard InChI is InChI=1S/C31H27N3O4/c1-18-27(33-29(35)21-9-12-24(13-10-21)38-17-20-7-8-20)14-11-22-15-23(16-32-28(18)22)19(2)34-30(36)25-5-3-4-6-26(25)31(34)37/h3-6,9-16,19-20H,7-8,17H2,1-2H3,(H,33,35). The van der Waals surface area contributed by atoms with E-state index in [1.54, 1.807) is 42.6 Å². The van der Waals surface area contributed by atoms with Crippen LogP contribution >= 0.6 is 0 Å². The molecule has 190 valence electrons. The van der Waals surface area contributed by atoms with Crippen LogP contribution in [0, 0.1) is 12.8 Å². The maximum Gasteiger partial charge on any atom is 0.262 e. The number of carbonyl (C=O) groups is 3. The summed E-state index contributed by atoms with van der Waals surface area (Å²) in [6.07, 6.45) is 4.15. The maximum absolute atomic E-state index is 12.9. The molecule has 1 aliphatic carbocycles. The van der Waals surface area contributed by atoms with Crippen LogP contribution in [0.5, 0.6) is 5.75 Å². The summed E-state index contributed by atoms with van der Waals surface area (Å²) in [6, 6.07) is 19.2. The van der Waals surface area contributed by atoms with Crippen LogP contribution in [0.4, 0.5) is 5.69 Å². The van der Waals surface area contributed by atoms with Gasteiger partial charge in [-0.15, -0.1) is 0 Å². The van der Waals surface area contributed by atoms with Crippen molar-refractivity contribution in [1.29, 1.82) is 0 Å². The van der Waals surface area contributed by atoms with Crippen LogP contribution in [0.25, 0.3) is 10.9 Å². The molecule has 38 heavy (non-hydrogen) atoms. The smallest absolute Gasteiger partial charge is 0.262 e. The molecule has 0 saturated heterocycles. The Morgan fingerprint density at radius 1 is 1.03 bits per heavy atom. The van der Waals surface area contributed by atoms with E-state index in [4.69, 9.17) is 4.74 Å². The Morgan fingerprint density at radius 3 is 2.37 bits per heavy atom. The molecule has 2 heterocycles. The molecule has 1 saturated carbocycles. The summed E-state index contributed by atoms with van der Waals surface area (Å²) >= 11 is 0. The van der Waals surface area contributed by atoms with Gasteiger partial charge in [-0.05, 0) is 92.3 Å². The van der Waals surface area contributed by atoms with Gasteiger partial charge in [0.1, 0.15) is 5.75 Å². The second kappa shape index (κ2) is 9.41. The molecule has 7 nitrogen and oxygen atoms in total. The number of carbonyl (C=O) groups excluding carboxylic acids is 3. The number of rotatable bonds is 7. The number of nitrogens with one attached hydrogen (secondary N) is 1. The molecule has 1 N–H and O–H groups in total. The molecule has 3 aromatic carbocycles. The number of anilines is 1. The Hall–Kier alpha value is -4.52. The highest BCUT2D eigenvalue weighted by molar-refractivity contribution is 6.21. The molecule has 1 unspecified atom stereocenters. The third-order valence-electron chi connectivity index (χ3n) is 7.37. The molecular weight excluding hydrogens is 478 g/mol. The van der Waals surface area contributed by atoms with Gasteiger partial charge < -0.3 is 10.1 Å². The molecule has 1 aromatic heterocycles. The number of aromatic nitrogens is 1. The van der Waals surface area contributed by atoms with Crippen LogP contribution < -0.4 is 10.1 Å². The SMILES string of the molecule is Cc1c(NC(=O)c2ccc(OCC3CC3)cc2)ccc2cc(C(C)N3C(=O)c4ccccc4C3=O)cnc12. The van der Waals surface area contributed by atoms with E-state index in [0.29, 0.717) is 28.3 Å². The van der Waals surface area contributed by atoms with Crippen molar-refractivity contribution in [3.05, 3.63) is 101 Å². The number of ether oxygens (including phenoxy) is 1. The highest BCUT2D eigenvalue weighted by Gasteiger charge is 2.38. The van der Waals surface area contributed by atoms with Crippen molar-refractivity contribution in [3.63, 3.8) is 0 Å². The normalized spacial score (nSPS) is 15.5. The van der Waals surface area contributed by atoms with Crippen LogP contribution in [0.3, 0.4) is 0 Å². The molecule has 2 aliphatic rings. The molecule has 1 aliphatic heterocycles. The molecule has 0 radical (unpaired) electrons. The summed E-state index contributed by atoms with van der Waals surface area (Å²) in [5.41, 5.74) is 4.40. The summed E-state index contributed by atoms with van der Waals surface area (Å²) < 4.78 is 5.76. The fraction of sp³-hybridized carbons (Fsp3) is 0.226. The topological polar surface area (TPSA) is 88.6 Å². The number of aryl methyl sites for hydroxylation is 1. The van der Waals surface area contributed by atoms with Crippen molar-refractivity contribution in [3.8, 4) is 5.75 Å². The molecule has 6 rings (SSSR count). The molecule has 7 heteroatoms. The Morgan fingerprint density at radius 2 is 1.71 bits per heavy atom. The minimum absolute atomic E-state index is 0.211. The van der Waals surface area contributed by atoms with Gasteiger partial charge in [-0.2, -0.15) is 0 Å². The molecule has 3 amide bonds. The van der Waals surface area contributed by atoms with E-state index < -0.39 is 6.04 Å². The van der Waals surface area contributed by atoms with E-state index >= 15 is 0 Å². The number of fused-ring (bicyclic) bond motifs is 2. The summed E-state index contributed by atoms with van der Waals surface area (Å²) in [7, 11) is 0. The van der Waals surface area contributed by atoms with E-state index in [0.717, 1.165) is 34.4 Å². The number of nitrogens with zero attached hydrogens (tertiary/aromatic N) is 2. The van der Waals surface area contributed by atoms with Crippen LogP contribution in [0.15, 0.2) is 72.9 Å². The number of imide groups is 1. The summed E-state index contributed by atoms with van der Waals surface area (Å²) in [4.78, 5) is 44.7. The van der Waals surface area contributed by atoms with Gasteiger partial charge in [0.05, 0.1) is 29.3 Å². The van der Waals surface area contributed by atoms with Gasteiger partial charge >= 0.3 is 0 Å². The van der Waals surface area contributed by atoms with E-state index in [9.17, 15) is 14.4 Å². The first-order chi connectivity index (χ1) is 18.4. The first-order valence-corrected chi connectivity index (χ1v) is 12.8. The maximum atomic E-state index is 12.9. The predicted octanol–water partition coefficient (Wildman–Crippen LogP) is 5.94. The van der Waals surface area contributed by atoms with Gasteiger partial charge in [0.2, 0.25) is 0 Å². The number of hydrogen-bond acceptors (Lipinski definition) is 5. The zero-order chi connectivity index (χ0) is 26.4. The molecule has 4 aromatic rings. The van der Waals surface area contributed by atoms with Gasteiger partial charge in [-0.25, -0.2) is 0 Å². The number of hydrogen-bond donors (Lipinski definition) is 1. The minimum Gasteiger partial charge on any atom is -0.493 e. The zero-order valence-corrected chi connectivity index (χ0v) is 21.2. The van der Waals surface area contributed by atoms with Crippen LogP contribution in [0.1, 0.15) is 68.0 Å². The van der Waals surface area contributed by atoms with Crippen molar-refractivity contribution in [1.82, 2.24) is 9.88 Å². The fourth-order valence-corrected chi connectivity index (χ4v) is 4.83. The second-order valence-corrected chi connectivity index (χ2v) is 10.0. The lowest BCUT2D eigenvalue weighted by atomic mass is 10.0. The lowest BCUT2D eigenvalue weighted by Crippen LogP contribution is -2.32.